The number of hydrogen-bond donors (Lipinski definition) is 5. The number of aliphatic hydroxyl groups is 1. The Morgan fingerprint density at radius 2 is 1.58 bits per heavy atom. The first-order valence-electron chi connectivity index (χ1n) is 26.5. The largest absolute Gasteiger partial charge is 0.507 e. The molecular formula is C56H71N11O6S. The number of aromatic nitrogens is 4. The number of phenolic OH excluding ortho intramolecular Hbond substituents is 1. The highest BCUT2D eigenvalue weighted by atomic mass is 32.1. The van der Waals surface area contributed by atoms with E-state index in [-0.39, 0.29) is 48.9 Å². The number of benzene rings is 2. The topological polar surface area (TPSA) is 216 Å². The van der Waals surface area contributed by atoms with Crippen molar-refractivity contribution in [1.29, 1.82) is 0 Å². The second kappa shape index (κ2) is 21.8. The van der Waals surface area contributed by atoms with Crippen LogP contribution >= 0.6 is 11.3 Å². The molecule has 18 heteroatoms. The van der Waals surface area contributed by atoms with Crippen LogP contribution in [0.4, 0.5) is 17.2 Å². The Bertz CT molecular complexity index is 2760. The fourth-order valence-corrected chi connectivity index (χ4v) is 12.8. The number of aryl methyl sites for hydroxylation is 1. The molecule has 5 aromatic rings. The summed E-state index contributed by atoms with van der Waals surface area (Å²) in [4.78, 5) is 60.9. The highest BCUT2D eigenvalue weighted by Gasteiger charge is 2.46. The number of para-hydroxylation sites is 1. The molecule has 5 aliphatic rings. The average Bonchev–Trinajstić information content (AvgIpc) is 4.10. The molecule has 74 heavy (non-hydrogen) atoms. The standard InChI is InChI=1S/C56H71N11O6S/c1-34-50(74-33-60-34)37-11-9-35(10-12-37)27-59-54(71)47-25-43(68)31-66(47)55(72)51(56(2,3)4)61-53(70)38-13-15-39(16-14-38)64-23-21-36(22-24-64)32-73-49-20-19-40(28-58-49)67-41-17-18-42(67)30-65(29-41)46-26-45(62-63-52(46)57)44-7-5-6-8-48(44)69/h5-12,19-20,26,28,33,36,38-39,41-43,47,51,68-69H,13-18,21-25,27,29-32H2,1-4H3,(H2,57,63)(H,59,71)(H,61,70)/t38?,39?,41?,42?,43-,47+,51-/m1/s1. The third kappa shape index (κ3) is 11.2. The molecule has 4 saturated heterocycles. The number of nitrogens with zero attached hydrogens (tertiary/aromatic N) is 8. The van der Waals surface area contributed by atoms with Crippen LogP contribution in [0.3, 0.4) is 0 Å². The predicted molar refractivity (Wildman–Crippen MR) is 286 cm³/mol. The minimum atomic E-state index is -0.854. The zero-order valence-corrected chi connectivity index (χ0v) is 43.8. The van der Waals surface area contributed by atoms with E-state index in [9.17, 15) is 24.6 Å². The van der Waals surface area contributed by atoms with Gasteiger partial charge in [0, 0.05) is 68.3 Å². The predicted octanol–water partition coefficient (Wildman–Crippen LogP) is 6.57. The van der Waals surface area contributed by atoms with E-state index in [0.717, 1.165) is 111 Å². The smallest absolute Gasteiger partial charge is 0.246 e. The van der Waals surface area contributed by atoms with Gasteiger partial charge in [0.25, 0.3) is 0 Å². The molecule has 3 aromatic heterocycles. The monoisotopic (exact) mass is 1030 g/mol. The molecule has 5 fully saturated rings. The Hall–Kier alpha value is -6.37. The van der Waals surface area contributed by atoms with E-state index < -0.39 is 23.6 Å². The number of nitrogen functional groups attached to an aromatic ring is 1. The number of carbonyl (C=O) groups is 3. The third-order valence-corrected chi connectivity index (χ3v) is 17.2. The van der Waals surface area contributed by atoms with Crippen LogP contribution in [-0.2, 0) is 20.9 Å². The lowest BCUT2D eigenvalue weighted by molar-refractivity contribution is -0.144. The number of pyridine rings is 1. The van der Waals surface area contributed by atoms with Gasteiger partial charge in [-0.3, -0.25) is 14.4 Å². The normalized spacial score (nSPS) is 23.9. The Morgan fingerprint density at radius 1 is 0.865 bits per heavy atom. The molecule has 7 heterocycles. The summed E-state index contributed by atoms with van der Waals surface area (Å²) in [5.41, 5.74) is 13.7. The van der Waals surface area contributed by atoms with E-state index in [1.54, 1.807) is 23.5 Å². The molecule has 3 amide bonds. The lowest BCUT2D eigenvalue weighted by atomic mass is 9.82. The van der Waals surface area contributed by atoms with Crippen LogP contribution in [-0.4, -0.2) is 134 Å². The van der Waals surface area contributed by atoms with Crippen molar-refractivity contribution in [2.24, 2.45) is 17.3 Å². The maximum absolute atomic E-state index is 14.3. The van der Waals surface area contributed by atoms with Crippen LogP contribution in [0.1, 0.15) is 89.8 Å². The van der Waals surface area contributed by atoms with Crippen LogP contribution in [0.2, 0.25) is 0 Å². The number of carbonyl (C=O) groups excluding carboxylic acids is 3. The number of thiazole rings is 1. The summed E-state index contributed by atoms with van der Waals surface area (Å²) in [6.07, 6.45) is 8.82. The lowest BCUT2D eigenvalue weighted by Gasteiger charge is -2.43. The number of aromatic hydroxyl groups is 1. The van der Waals surface area contributed by atoms with Gasteiger partial charge < -0.3 is 50.9 Å². The molecule has 392 valence electrons. The zero-order valence-electron chi connectivity index (χ0n) is 43.0. The fraction of sp³-hybridized carbons (Fsp3) is 0.518. The van der Waals surface area contributed by atoms with Crippen LogP contribution in [0.25, 0.3) is 21.7 Å². The fourth-order valence-electron chi connectivity index (χ4n) is 12.0. The molecule has 6 N–H and O–H groups in total. The molecule has 0 spiro atoms. The van der Waals surface area contributed by atoms with Crippen LogP contribution in [0.15, 0.2) is 78.4 Å². The molecule has 17 nitrogen and oxygen atoms in total. The molecular weight excluding hydrogens is 955 g/mol. The number of piperidine rings is 1. The van der Waals surface area contributed by atoms with Gasteiger partial charge >= 0.3 is 0 Å². The molecule has 2 unspecified atom stereocenters. The van der Waals surface area contributed by atoms with E-state index in [0.29, 0.717) is 53.6 Å². The molecule has 10 rings (SSSR count). The van der Waals surface area contributed by atoms with Crippen molar-refractivity contribution >= 4 is 46.3 Å². The van der Waals surface area contributed by atoms with E-state index in [1.807, 2.05) is 87.9 Å². The summed E-state index contributed by atoms with van der Waals surface area (Å²) in [5, 5.41) is 35.8. The van der Waals surface area contributed by atoms with Gasteiger partial charge in [0.05, 0.1) is 52.1 Å². The van der Waals surface area contributed by atoms with Gasteiger partial charge in [-0.05, 0) is 118 Å². The number of rotatable bonds is 14. The highest BCUT2D eigenvalue weighted by molar-refractivity contribution is 7.13. The molecule has 1 saturated carbocycles. The summed E-state index contributed by atoms with van der Waals surface area (Å²) in [6, 6.07) is 20.5. The number of likely N-dealkylation sites (tertiary alicyclic amines) is 2. The van der Waals surface area contributed by atoms with Crippen molar-refractivity contribution in [2.45, 2.75) is 128 Å². The number of piperazine rings is 1. The van der Waals surface area contributed by atoms with Crippen LogP contribution in [0, 0.1) is 24.2 Å². The Labute approximate surface area is 437 Å². The van der Waals surface area contributed by atoms with Crippen molar-refractivity contribution in [1.82, 2.24) is 40.6 Å². The first-order valence-corrected chi connectivity index (χ1v) is 27.4. The van der Waals surface area contributed by atoms with E-state index in [2.05, 4.69) is 46.6 Å². The number of β-amino-alcohol motifs (C(OH)–C–C–N with tert-alkyl or cyclic N) is 1. The Balaban J connectivity index is 0.656. The van der Waals surface area contributed by atoms with Gasteiger partial charge in [-0.2, -0.15) is 0 Å². The maximum atomic E-state index is 14.3. The number of hydrogen-bond acceptors (Lipinski definition) is 15. The number of anilines is 3. The second-order valence-corrected chi connectivity index (χ2v) is 23.1. The van der Waals surface area contributed by atoms with Crippen molar-refractivity contribution in [3.8, 4) is 33.3 Å². The van der Waals surface area contributed by atoms with Gasteiger partial charge in [-0.15, -0.1) is 21.5 Å². The van der Waals surface area contributed by atoms with E-state index in [4.69, 9.17) is 15.5 Å². The average molecular weight is 1030 g/mol. The summed E-state index contributed by atoms with van der Waals surface area (Å²) in [7, 11) is 0. The van der Waals surface area contributed by atoms with E-state index in [1.165, 1.54) is 4.90 Å². The Kier molecular flexibility index (Phi) is 15.1. The van der Waals surface area contributed by atoms with Crippen LogP contribution in [0.5, 0.6) is 11.6 Å². The quantitative estimate of drug-likeness (QED) is 0.0796. The van der Waals surface area contributed by atoms with Gasteiger partial charge in [0.1, 0.15) is 17.8 Å². The van der Waals surface area contributed by atoms with Gasteiger partial charge in [0.2, 0.25) is 23.6 Å². The second-order valence-electron chi connectivity index (χ2n) is 22.3. The summed E-state index contributed by atoms with van der Waals surface area (Å²) in [6.45, 7) is 12.3. The van der Waals surface area contributed by atoms with Gasteiger partial charge in [-0.25, -0.2) is 9.97 Å². The third-order valence-electron chi connectivity index (χ3n) is 16.2. The molecule has 1 aliphatic carbocycles. The van der Waals surface area contributed by atoms with Crippen LogP contribution < -0.4 is 30.9 Å². The first-order chi connectivity index (χ1) is 35.7. The molecule has 0 radical (unpaired) electrons. The molecule has 2 aromatic carbocycles. The minimum absolute atomic E-state index is 0.0379. The number of nitrogens with two attached hydrogens (primary N) is 1. The van der Waals surface area contributed by atoms with Crippen molar-refractivity contribution in [2.75, 3.05) is 54.9 Å². The van der Waals surface area contributed by atoms with E-state index >= 15 is 0 Å². The summed E-state index contributed by atoms with van der Waals surface area (Å²) >= 11 is 1.59. The molecule has 4 aliphatic heterocycles. The number of fused-ring (bicyclic) bond motifs is 2. The maximum Gasteiger partial charge on any atom is 0.246 e. The SMILES string of the molecule is Cc1ncsc1-c1ccc(CNC(=O)[C@@H]2C[C@@H](O)CN2C(=O)[C@@H](NC(=O)C2CCC(N3CCC(COc4ccc(N5C6CCC5CN(c5cc(-c7ccccc7O)nnc5N)C6)cn4)CC3)CC2)C(C)(C)C)cc1. The number of amides is 3. The number of nitrogens with one attached hydrogen (secondary N) is 2. The molecule has 5 atom stereocenters. The number of ether oxygens (including phenoxy) is 1. The highest BCUT2D eigenvalue weighted by Crippen LogP contribution is 2.40. The van der Waals surface area contributed by atoms with Crippen molar-refractivity contribution < 1.29 is 29.3 Å². The minimum Gasteiger partial charge on any atom is -0.507 e. The molecule has 2 bridgehead atoms. The van der Waals surface area contributed by atoms with Gasteiger partial charge in [0.15, 0.2) is 5.82 Å². The number of phenols is 1. The zero-order chi connectivity index (χ0) is 51.7. The Morgan fingerprint density at radius 3 is 2.24 bits per heavy atom. The first kappa shape index (κ1) is 51.1. The number of aliphatic hydroxyl groups excluding tert-OH is 1. The lowest BCUT2D eigenvalue weighted by Crippen LogP contribution is -2.58. The van der Waals surface area contributed by atoms with Crippen molar-refractivity contribution in [3.05, 3.63) is 89.7 Å². The summed E-state index contributed by atoms with van der Waals surface area (Å²) < 4.78 is 6.29. The van der Waals surface area contributed by atoms with Gasteiger partial charge in [-0.1, -0.05) is 57.2 Å². The summed E-state index contributed by atoms with van der Waals surface area (Å²) in [5.74, 6) is 0.641. The van der Waals surface area contributed by atoms with Crippen molar-refractivity contribution in [3.63, 3.8) is 0 Å².